The lowest BCUT2D eigenvalue weighted by molar-refractivity contribution is -0.124. The number of aliphatic imine (C=N–C) groups is 1. The molecule has 1 atom stereocenters. The van der Waals surface area contributed by atoms with Gasteiger partial charge in [-0.2, -0.15) is 0 Å². The van der Waals surface area contributed by atoms with E-state index < -0.39 is 0 Å². The van der Waals surface area contributed by atoms with E-state index in [1.54, 1.807) is 4.90 Å². The number of nitrogens with zero attached hydrogens (tertiary/aromatic N) is 3. The molecule has 4 aromatic rings. The summed E-state index contributed by atoms with van der Waals surface area (Å²) in [6.07, 6.45) is 4.38. The van der Waals surface area contributed by atoms with Gasteiger partial charge in [-0.1, -0.05) is 93.4 Å². The average molecular weight is 615 g/mol. The summed E-state index contributed by atoms with van der Waals surface area (Å²) >= 11 is 0. The molecule has 1 N–H and O–H groups in total. The summed E-state index contributed by atoms with van der Waals surface area (Å²) in [5.41, 5.74) is 5.20. The van der Waals surface area contributed by atoms with Gasteiger partial charge in [-0.3, -0.25) is 15.0 Å². The van der Waals surface area contributed by atoms with Crippen LogP contribution in [0.5, 0.6) is 0 Å². The Morgan fingerprint density at radius 3 is 2.33 bits per heavy atom. The van der Waals surface area contributed by atoms with Gasteiger partial charge in [0.05, 0.1) is 23.7 Å². The molecule has 7 heteroatoms. The zero-order chi connectivity index (χ0) is 32.0. The van der Waals surface area contributed by atoms with Gasteiger partial charge in [0.25, 0.3) is 11.8 Å². The first kappa shape index (κ1) is 31.2. The van der Waals surface area contributed by atoms with Crippen LogP contribution in [-0.4, -0.2) is 59.0 Å². The number of benzene rings is 4. The summed E-state index contributed by atoms with van der Waals surface area (Å²) < 4.78 is 6.32. The van der Waals surface area contributed by atoms with Crippen LogP contribution in [0.15, 0.2) is 89.9 Å². The van der Waals surface area contributed by atoms with Crippen LogP contribution in [0.3, 0.4) is 0 Å². The maximum Gasteiger partial charge on any atom is 0.268 e. The van der Waals surface area contributed by atoms with Gasteiger partial charge in [-0.05, 0) is 70.5 Å². The second kappa shape index (κ2) is 14.1. The van der Waals surface area contributed by atoms with Crippen molar-refractivity contribution in [2.75, 3.05) is 19.7 Å². The lowest BCUT2D eigenvalue weighted by Gasteiger charge is -2.36. The molecule has 2 amide bonds. The van der Waals surface area contributed by atoms with Crippen LogP contribution in [0.1, 0.15) is 67.4 Å². The Kier molecular flexibility index (Phi) is 9.57. The molecule has 0 spiro atoms. The van der Waals surface area contributed by atoms with Gasteiger partial charge >= 0.3 is 0 Å². The molecule has 0 aliphatic carbocycles. The highest BCUT2D eigenvalue weighted by atomic mass is 16.5. The van der Waals surface area contributed by atoms with Gasteiger partial charge in [-0.25, -0.2) is 4.99 Å². The third-order valence-electron chi connectivity index (χ3n) is 9.05. The number of hydrogen-bond acceptors (Lipinski definition) is 5. The fourth-order valence-electron chi connectivity index (χ4n) is 6.36. The molecule has 4 aromatic carbocycles. The largest absolute Gasteiger partial charge is 0.478 e. The maximum absolute atomic E-state index is 14.4. The summed E-state index contributed by atoms with van der Waals surface area (Å²) in [7, 11) is 0. The first-order valence-electron chi connectivity index (χ1n) is 16.5. The van der Waals surface area contributed by atoms with Crippen molar-refractivity contribution < 1.29 is 14.3 Å². The van der Waals surface area contributed by atoms with E-state index in [0.29, 0.717) is 37.3 Å². The monoisotopic (exact) mass is 614 g/mol. The fourth-order valence-corrected chi connectivity index (χ4v) is 6.36. The first-order valence-corrected chi connectivity index (χ1v) is 16.5. The topological polar surface area (TPSA) is 86.1 Å². The second-order valence-corrected chi connectivity index (χ2v) is 12.3. The van der Waals surface area contributed by atoms with E-state index in [2.05, 4.69) is 56.3 Å². The number of rotatable bonds is 10. The molecule has 236 valence electrons. The van der Waals surface area contributed by atoms with Crippen LogP contribution in [0.4, 0.5) is 5.69 Å². The van der Waals surface area contributed by atoms with E-state index in [1.165, 1.54) is 5.56 Å². The summed E-state index contributed by atoms with van der Waals surface area (Å²) in [6.45, 7) is 6.19. The molecule has 7 nitrogen and oxygen atoms in total. The Morgan fingerprint density at radius 2 is 1.57 bits per heavy atom. The normalized spacial score (nSPS) is 15.8. The molecule has 0 bridgehead atoms. The van der Waals surface area contributed by atoms with Crippen molar-refractivity contribution in [1.29, 1.82) is 5.41 Å². The molecular formula is C39H42N4O3. The number of nitrogens with one attached hydrogen (secondary N) is 1. The highest BCUT2D eigenvalue weighted by molar-refractivity contribution is 6.40. The first-order chi connectivity index (χ1) is 22.4. The van der Waals surface area contributed by atoms with Crippen molar-refractivity contribution >= 4 is 39.9 Å². The Hall–Kier alpha value is -4.78. The molecule has 0 fully saturated rings. The van der Waals surface area contributed by atoms with Crippen molar-refractivity contribution in [3.63, 3.8) is 0 Å². The van der Waals surface area contributed by atoms with Crippen molar-refractivity contribution in [3.8, 4) is 11.1 Å². The van der Waals surface area contributed by atoms with E-state index in [0.717, 1.165) is 53.1 Å². The molecular weight excluding hydrogens is 572 g/mol. The molecule has 2 aliphatic rings. The minimum absolute atomic E-state index is 0.0308. The predicted octanol–water partition coefficient (Wildman–Crippen LogP) is 7.97. The number of hydrogen-bond donors (Lipinski definition) is 1. The highest BCUT2D eigenvalue weighted by Crippen LogP contribution is 2.34. The van der Waals surface area contributed by atoms with Crippen LogP contribution in [0.2, 0.25) is 0 Å². The number of ether oxygens (including phenoxy) is 1. The van der Waals surface area contributed by atoms with E-state index in [-0.39, 0.29) is 42.5 Å². The van der Waals surface area contributed by atoms with Gasteiger partial charge in [0, 0.05) is 19.6 Å². The average Bonchev–Trinajstić information content (AvgIpc) is 3.14. The number of carbonyl (C=O) groups excluding carboxylic acids is 2. The van der Waals surface area contributed by atoms with Crippen LogP contribution < -0.4 is 0 Å². The van der Waals surface area contributed by atoms with Crippen molar-refractivity contribution in [2.45, 2.75) is 65.0 Å². The Bertz CT molecular complexity index is 1790. The van der Waals surface area contributed by atoms with Gasteiger partial charge in [-0.15, -0.1) is 0 Å². The predicted molar refractivity (Wildman–Crippen MR) is 185 cm³/mol. The molecule has 0 radical (unpaired) electrons. The van der Waals surface area contributed by atoms with Crippen LogP contribution >= 0.6 is 0 Å². The zero-order valence-corrected chi connectivity index (χ0v) is 26.8. The minimum Gasteiger partial charge on any atom is -0.478 e. The van der Waals surface area contributed by atoms with Crippen molar-refractivity contribution in [3.05, 3.63) is 102 Å². The SMILES string of the molecule is CCCCN(CCCC)C(=O)C(=N)CC1=Nc2ccc(-c3ccc4ccccc4c3)cc2C(=O)N2Cc3ccccc3CC2CO1. The third kappa shape index (κ3) is 6.74. The molecule has 0 saturated carbocycles. The maximum atomic E-state index is 14.4. The van der Waals surface area contributed by atoms with Crippen LogP contribution in [0, 0.1) is 5.41 Å². The van der Waals surface area contributed by atoms with Crippen LogP contribution in [-0.2, 0) is 22.5 Å². The second-order valence-electron chi connectivity index (χ2n) is 12.3. The molecule has 6 rings (SSSR count). The van der Waals surface area contributed by atoms with E-state index in [4.69, 9.17) is 15.1 Å². The van der Waals surface area contributed by atoms with E-state index >= 15 is 0 Å². The lowest BCUT2D eigenvalue weighted by Crippen LogP contribution is -2.47. The molecule has 0 saturated heterocycles. The number of carbonyl (C=O) groups is 2. The molecule has 2 aliphatic heterocycles. The number of fused-ring (bicyclic) bond motifs is 4. The Labute approximate surface area is 271 Å². The highest BCUT2D eigenvalue weighted by Gasteiger charge is 2.34. The lowest BCUT2D eigenvalue weighted by atomic mass is 9.93. The van der Waals surface area contributed by atoms with E-state index in [9.17, 15) is 9.59 Å². The summed E-state index contributed by atoms with van der Waals surface area (Å²) in [5, 5.41) is 11.1. The quantitative estimate of drug-likeness (QED) is 0.184. The third-order valence-corrected chi connectivity index (χ3v) is 9.05. The van der Waals surface area contributed by atoms with Gasteiger partial charge in [0.2, 0.25) is 0 Å². The summed E-state index contributed by atoms with van der Waals surface area (Å²) in [6, 6.07) is 28.3. The van der Waals surface area contributed by atoms with Gasteiger partial charge in [0.1, 0.15) is 12.3 Å². The Balaban J connectivity index is 1.36. The Morgan fingerprint density at radius 1 is 0.891 bits per heavy atom. The number of amides is 2. The zero-order valence-electron chi connectivity index (χ0n) is 26.8. The standard InChI is InChI=1S/C39H42N4O3/c1-3-5-19-42(20-6-4-2)39(45)35(40)24-37-41-36-18-17-31(30-16-15-27-11-7-8-12-28(27)21-30)23-34(36)38(44)43-25-32-14-10-9-13-29(32)22-33(43)26-46-37/h7-18,21,23,33,40H,3-6,19-20,22,24-26H2,1-2H3. The van der Waals surface area contributed by atoms with Crippen molar-refractivity contribution in [1.82, 2.24) is 9.80 Å². The molecule has 0 aromatic heterocycles. The summed E-state index contributed by atoms with van der Waals surface area (Å²) in [5.74, 6) is -0.0797. The van der Waals surface area contributed by atoms with Gasteiger partial charge in [0.15, 0.2) is 5.90 Å². The van der Waals surface area contributed by atoms with Crippen LogP contribution in [0.25, 0.3) is 21.9 Å². The fraction of sp³-hybridized carbons (Fsp3) is 0.333. The van der Waals surface area contributed by atoms with Crippen molar-refractivity contribution in [2.24, 2.45) is 4.99 Å². The number of unbranched alkanes of at least 4 members (excludes halogenated alkanes) is 2. The van der Waals surface area contributed by atoms with Gasteiger partial charge < -0.3 is 14.5 Å². The van der Waals surface area contributed by atoms with E-state index in [1.807, 2.05) is 47.4 Å². The summed E-state index contributed by atoms with van der Waals surface area (Å²) in [4.78, 5) is 36.4. The molecule has 2 heterocycles. The minimum atomic E-state index is -0.274. The molecule has 46 heavy (non-hydrogen) atoms. The smallest absolute Gasteiger partial charge is 0.268 e. The molecule has 1 unspecified atom stereocenters.